The van der Waals surface area contributed by atoms with Gasteiger partial charge in [0.15, 0.2) is 0 Å². The van der Waals surface area contributed by atoms with Crippen LogP contribution in [0.15, 0.2) is 53.1 Å². The fraction of sp³-hybridized carbons (Fsp3) is 0.263. The Morgan fingerprint density at radius 2 is 1.74 bits per heavy atom. The highest BCUT2D eigenvalue weighted by Gasteiger charge is 2.14. The Labute approximate surface area is 135 Å². The van der Waals surface area contributed by atoms with Crippen molar-refractivity contribution < 1.29 is 4.52 Å². The molecule has 116 valence electrons. The van der Waals surface area contributed by atoms with E-state index in [2.05, 4.69) is 58.4 Å². The monoisotopic (exact) mass is 305 g/mol. The highest BCUT2D eigenvalue weighted by Crippen LogP contribution is 2.26. The Hall–Kier alpha value is -2.62. The SMILES string of the molecule is Cc1cccc(-c2noc(-c3ccc(N4CCCC4)cc3)n2)c1. The van der Waals surface area contributed by atoms with Crippen molar-refractivity contribution in [3.05, 3.63) is 54.1 Å². The lowest BCUT2D eigenvalue weighted by molar-refractivity contribution is 0.432. The van der Waals surface area contributed by atoms with Crippen molar-refractivity contribution in [1.82, 2.24) is 10.1 Å². The Kier molecular flexibility index (Phi) is 3.58. The molecule has 1 aromatic heterocycles. The third kappa shape index (κ3) is 2.84. The van der Waals surface area contributed by atoms with E-state index in [0.717, 1.165) is 24.2 Å². The first-order valence-electron chi connectivity index (χ1n) is 8.06. The summed E-state index contributed by atoms with van der Waals surface area (Å²) in [5.74, 6) is 1.20. The van der Waals surface area contributed by atoms with Gasteiger partial charge in [-0.3, -0.25) is 0 Å². The van der Waals surface area contributed by atoms with Gasteiger partial charge < -0.3 is 9.42 Å². The molecule has 1 aliphatic rings. The molecule has 0 atom stereocenters. The molecular weight excluding hydrogens is 286 g/mol. The zero-order valence-electron chi connectivity index (χ0n) is 13.2. The van der Waals surface area contributed by atoms with Crippen LogP contribution in [0.2, 0.25) is 0 Å². The van der Waals surface area contributed by atoms with Gasteiger partial charge in [0.1, 0.15) is 0 Å². The summed E-state index contributed by atoms with van der Waals surface area (Å²) in [5.41, 5.74) is 4.39. The minimum atomic E-state index is 0.564. The largest absolute Gasteiger partial charge is 0.372 e. The molecule has 3 aromatic rings. The molecular formula is C19H19N3O. The number of benzene rings is 2. The van der Waals surface area contributed by atoms with Crippen molar-refractivity contribution in [2.24, 2.45) is 0 Å². The summed E-state index contributed by atoms with van der Waals surface area (Å²) in [6.45, 7) is 4.36. The second kappa shape index (κ2) is 5.88. The van der Waals surface area contributed by atoms with Crippen LogP contribution in [0.5, 0.6) is 0 Å². The standard InChI is InChI=1S/C19H19N3O/c1-14-5-4-6-16(13-14)18-20-19(23-21-18)15-7-9-17(10-8-15)22-11-2-3-12-22/h4-10,13H,2-3,11-12H2,1H3. The van der Waals surface area contributed by atoms with Gasteiger partial charge in [0, 0.05) is 29.9 Å². The van der Waals surface area contributed by atoms with Crippen molar-refractivity contribution in [2.75, 3.05) is 18.0 Å². The quantitative estimate of drug-likeness (QED) is 0.723. The number of hydrogen-bond acceptors (Lipinski definition) is 4. The molecule has 0 bridgehead atoms. The number of anilines is 1. The molecule has 4 heteroatoms. The molecule has 4 nitrogen and oxygen atoms in total. The van der Waals surface area contributed by atoms with Gasteiger partial charge in [-0.15, -0.1) is 0 Å². The average Bonchev–Trinajstić information content (AvgIpc) is 3.27. The number of aryl methyl sites for hydroxylation is 1. The normalized spacial score (nSPS) is 14.4. The molecule has 0 aliphatic carbocycles. The van der Waals surface area contributed by atoms with E-state index in [1.807, 2.05) is 12.1 Å². The Morgan fingerprint density at radius 3 is 2.48 bits per heavy atom. The van der Waals surface area contributed by atoms with E-state index in [1.54, 1.807) is 0 Å². The topological polar surface area (TPSA) is 42.2 Å². The smallest absolute Gasteiger partial charge is 0.258 e. The number of rotatable bonds is 3. The molecule has 1 aliphatic heterocycles. The van der Waals surface area contributed by atoms with E-state index >= 15 is 0 Å². The molecule has 0 radical (unpaired) electrons. The summed E-state index contributed by atoms with van der Waals surface area (Å²) in [7, 11) is 0. The minimum Gasteiger partial charge on any atom is -0.372 e. The maximum atomic E-state index is 5.44. The summed E-state index contributed by atoms with van der Waals surface area (Å²) < 4.78 is 5.44. The fourth-order valence-corrected chi connectivity index (χ4v) is 3.03. The number of aromatic nitrogens is 2. The van der Waals surface area contributed by atoms with E-state index in [4.69, 9.17) is 4.52 Å². The second-order valence-electron chi connectivity index (χ2n) is 6.03. The van der Waals surface area contributed by atoms with Crippen LogP contribution in [-0.2, 0) is 0 Å². The van der Waals surface area contributed by atoms with Gasteiger partial charge in [-0.2, -0.15) is 4.98 Å². The van der Waals surface area contributed by atoms with Crippen molar-refractivity contribution >= 4 is 5.69 Å². The van der Waals surface area contributed by atoms with Gasteiger partial charge in [0.05, 0.1) is 0 Å². The summed E-state index contributed by atoms with van der Waals surface area (Å²) in [5, 5.41) is 4.11. The molecule has 23 heavy (non-hydrogen) atoms. The summed E-state index contributed by atoms with van der Waals surface area (Å²) in [4.78, 5) is 6.94. The fourth-order valence-electron chi connectivity index (χ4n) is 3.03. The third-order valence-electron chi connectivity index (χ3n) is 4.29. The Balaban J connectivity index is 1.59. The van der Waals surface area contributed by atoms with Crippen molar-refractivity contribution in [2.45, 2.75) is 19.8 Å². The van der Waals surface area contributed by atoms with E-state index in [1.165, 1.54) is 24.1 Å². The maximum Gasteiger partial charge on any atom is 0.258 e. The van der Waals surface area contributed by atoms with Crippen molar-refractivity contribution in [3.8, 4) is 22.8 Å². The van der Waals surface area contributed by atoms with Crippen molar-refractivity contribution in [1.29, 1.82) is 0 Å². The first-order valence-corrected chi connectivity index (χ1v) is 8.06. The predicted molar refractivity (Wildman–Crippen MR) is 91.4 cm³/mol. The third-order valence-corrected chi connectivity index (χ3v) is 4.29. The molecule has 0 saturated carbocycles. The molecule has 2 aromatic carbocycles. The van der Waals surface area contributed by atoms with Crippen LogP contribution < -0.4 is 4.90 Å². The molecule has 0 N–H and O–H groups in total. The van der Waals surface area contributed by atoms with Gasteiger partial charge in [0.25, 0.3) is 5.89 Å². The van der Waals surface area contributed by atoms with Crippen LogP contribution in [0, 0.1) is 6.92 Å². The van der Waals surface area contributed by atoms with Crippen LogP contribution in [0.1, 0.15) is 18.4 Å². The highest BCUT2D eigenvalue weighted by atomic mass is 16.5. The molecule has 0 amide bonds. The number of nitrogens with zero attached hydrogens (tertiary/aromatic N) is 3. The van der Waals surface area contributed by atoms with E-state index in [-0.39, 0.29) is 0 Å². The lowest BCUT2D eigenvalue weighted by Crippen LogP contribution is -2.17. The summed E-state index contributed by atoms with van der Waals surface area (Å²) in [6, 6.07) is 16.5. The number of hydrogen-bond donors (Lipinski definition) is 0. The van der Waals surface area contributed by atoms with Crippen LogP contribution in [0.3, 0.4) is 0 Å². The maximum absolute atomic E-state index is 5.44. The van der Waals surface area contributed by atoms with Crippen LogP contribution >= 0.6 is 0 Å². The predicted octanol–water partition coefficient (Wildman–Crippen LogP) is 4.31. The van der Waals surface area contributed by atoms with Crippen LogP contribution in [0.25, 0.3) is 22.8 Å². The van der Waals surface area contributed by atoms with E-state index < -0.39 is 0 Å². The van der Waals surface area contributed by atoms with Crippen LogP contribution in [0.4, 0.5) is 5.69 Å². The first kappa shape index (κ1) is 14.0. The average molecular weight is 305 g/mol. The van der Waals surface area contributed by atoms with Gasteiger partial charge in [-0.05, 0) is 50.1 Å². The van der Waals surface area contributed by atoms with Crippen molar-refractivity contribution in [3.63, 3.8) is 0 Å². The molecule has 4 rings (SSSR count). The van der Waals surface area contributed by atoms with E-state index in [0.29, 0.717) is 11.7 Å². The Bertz CT molecular complexity index is 801. The van der Waals surface area contributed by atoms with Gasteiger partial charge in [0.2, 0.25) is 5.82 Å². The lowest BCUT2D eigenvalue weighted by Gasteiger charge is -2.17. The Morgan fingerprint density at radius 1 is 0.957 bits per heavy atom. The molecule has 0 spiro atoms. The zero-order valence-corrected chi connectivity index (χ0v) is 13.2. The molecule has 0 unspecified atom stereocenters. The van der Waals surface area contributed by atoms with Gasteiger partial charge >= 0.3 is 0 Å². The molecule has 2 heterocycles. The van der Waals surface area contributed by atoms with Crippen LogP contribution in [-0.4, -0.2) is 23.2 Å². The second-order valence-corrected chi connectivity index (χ2v) is 6.03. The summed E-state index contributed by atoms with van der Waals surface area (Å²) >= 11 is 0. The molecule has 1 fully saturated rings. The van der Waals surface area contributed by atoms with Gasteiger partial charge in [-0.1, -0.05) is 28.9 Å². The van der Waals surface area contributed by atoms with E-state index in [9.17, 15) is 0 Å². The van der Waals surface area contributed by atoms with Gasteiger partial charge in [-0.25, -0.2) is 0 Å². The zero-order chi connectivity index (χ0) is 15.6. The summed E-state index contributed by atoms with van der Waals surface area (Å²) in [6.07, 6.45) is 2.57. The minimum absolute atomic E-state index is 0.564. The molecule has 1 saturated heterocycles. The lowest BCUT2D eigenvalue weighted by atomic mass is 10.1. The first-order chi connectivity index (χ1) is 11.3. The highest BCUT2D eigenvalue weighted by molar-refractivity contribution is 5.62.